The average molecular weight is 297 g/mol. The van der Waals surface area contributed by atoms with Gasteiger partial charge < -0.3 is 15.3 Å². The standard InChI is InChI=1S/C15H27N3O3/c1-2-12(9-14(19)20)10-16-15(21)18-8-5-13(11-18)17-6-3-4-7-17/h12-13H,2-11H2,1H3,(H,16,21)(H,19,20). The molecule has 2 rings (SSSR count). The van der Waals surface area contributed by atoms with Crippen molar-refractivity contribution in [3.63, 3.8) is 0 Å². The Morgan fingerprint density at radius 1 is 1.29 bits per heavy atom. The highest BCUT2D eigenvalue weighted by atomic mass is 16.4. The van der Waals surface area contributed by atoms with E-state index in [4.69, 9.17) is 5.11 Å². The van der Waals surface area contributed by atoms with Gasteiger partial charge in [-0.15, -0.1) is 0 Å². The molecule has 2 fully saturated rings. The summed E-state index contributed by atoms with van der Waals surface area (Å²) < 4.78 is 0. The molecule has 2 atom stereocenters. The Kier molecular flexibility index (Phi) is 5.85. The minimum absolute atomic E-state index is 0.0171. The van der Waals surface area contributed by atoms with Gasteiger partial charge in [0, 0.05) is 32.1 Å². The van der Waals surface area contributed by atoms with Crippen LogP contribution in [0.3, 0.4) is 0 Å². The van der Waals surface area contributed by atoms with Crippen molar-refractivity contribution in [3.8, 4) is 0 Å². The number of urea groups is 1. The third-order valence-corrected chi connectivity index (χ3v) is 4.69. The van der Waals surface area contributed by atoms with E-state index in [-0.39, 0.29) is 18.4 Å². The van der Waals surface area contributed by atoms with Crippen molar-refractivity contribution >= 4 is 12.0 Å². The molecule has 0 aromatic heterocycles. The minimum Gasteiger partial charge on any atom is -0.481 e. The maximum absolute atomic E-state index is 12.2. The molecule has 0 spiro atoms. The van der Waals surface area contributed by atoms with Crippen molar-refractivity contribution in [3.05, 3.63) is 0 Å². The molecule has 0 aromatic carbocycles. The third kappa shape index (κ3) is 4.59. The van der Waals surface area contributed by atoms with Gasteiger partial charge in [0.25, 0.3) is 0 Å². The third-order valence-electron chi connectivity index (χ3n) is 4.69. The lowest BCUT2D eigenvalue weighted by atomic mass is 10.0. The molecule has 2 N–H and O–H groups in total. The van der Waals surface area contributed by atoms with E-state index >= 15 is 0 Å². The quantitative estimate of drug-likeness (QED) is 0.776. The number of nitrogens with one attached hydrogen (secondary N) is 1. The molecule has 6 heteroatoms. The zero-order valence-corrected chi connectivity index (χ0v) is 12.9. The van der Waals surface area contributed by atoms with Crippen LogP contribution in [0.15, 0.2) is 0 Å². The molecular weight excluding hydrogens is 270 g/mol. The maximum atomic E-state index is 12.2. The number of hydrogen-bond donors (Lipinski definition) is 2. The molecule has 2 saturated heterocycles. The molecule has 0 saturated carbocycles. The predicted molar refractivity (Wildman–Crippen MR) is 80.2 cm³/mol. The Labute approximate surface area is 126 Å². The molecule has 2 heterocycles. The Morgan fingerprint density at radius 2 is 2.00 bits per heavy atom. The minimum atomic E-state index is -0.800. The van der Waals surface area contributed by atoms with E-state index in [1.54, 1.807) is 0 Å². The molecule has 2 aliphatic rings. The molecule has 0 bridgehead atoms. The second-order valence-electron chi connectivity index (χ2n) is 6.19. The van der Waals surface area contributed by atoms with Crippen LogP contribution in [0.5, 0.6) is 0 Å². The van der Waals surface area contributed by atoms with Gasteiger partial charge in [-0.2, -0.15) is 0 Å². The van der Waals surface area contributed by atoms with Crippen molar-refractivity contribution in [2.75, 3.05) is 32.7 Å². The first kappa shape index (κ1) is 16.1. The Morgan fingerprint density at radius 3 is 2.62 bits per heavy atom. The van der Waals surface area contributed by atoms with Crippen LogP contribution in [0.4, 0.5) is 4.79 Å². The van der Waals surface area contributed by atoms with E-state index in [1.807, 2.05) is 11.8 Å². The normalized spacial score (nSPS) is 24.2. The van der Waals surface area contributed by atoms with Crippen LogP contribution in [-0.2, 0) is 4.79 Å². The molecule has 120 valence electrons. The largest absolute Gasteiger partial charge is 0.481 e. The Bertz CT molecular complexity index is 369. The van der Waals surface area contributed by atoms with Gasteiger partial charge >= 0.3 is 12.0 Å². The van der Waals surface area contributed by atoms with Gasteiger partial charge in [0.2, 0.25) is 0 Å². The monoisotopic (exact) mass is 297 g/mol. The van der Waals surface area contributed by atoms with Gasteiger partial charge in [0.05, 0.1) is 0 Å². The van der Waals surface area contributed by atoms with Crippen LogP contribution in [0.2, 0.25) is 0 Å². The van der Waals surface area contributed by atoms with Crippen molar-refractivity contribution in [2.24, 2.45) is 5.92 Å². The zero-order valence-electron chi connectivity index (χ0n) is 12.9. The number of carboxylic acids is 1. The fraction of sp³-hybridized carbons (Fsp3) is 0.867. The molecular formula is C15H27N3O3. The number of carbonyl (C=O) groups excluding carboxylic acids is 1. The topological polar surface area (TPSA) is 72.9 Å². The molecule has 21 heavy (non-hydrogen) atoms. The number of rotatable bonds is 6. The summed E-state index contributed by atoms with van der Waals surface area (Å²) in [5.74, 6) is -0.783. The highest BCUT2D eigenvalue weighted by Gasteiger charge is 2.31. The number of likely N-dealkylation sites (tertiary alicyclic amines) is 2. The summed E-state index contributed by atoms with van der Waals surface area (Å²) in [5.41, 5.74) is 0. The number of carboxylic acid groups (broad SMARTS) is 1. The first-order chi connectivity index (χ1) is 10.1. The summed E-state index contributed by atoms with van der Waals surface area (Å²) >= 11 is 0. The van der Waals surface area contributed by atoms with Crippen molar-refractivity contribution in [2.45, 2.75) is 45.1 Å². The number of carbonyl (C=O) groups is 2. The molecule has 0 aromatic rings. The molecule has 2 unspecified atom stereocenters. The van der Waals surface area contributed by atoms with Gasteiger partial charge in [-0.3, -0.25) is 9.69 Å². The van der Waals surface area contributed by atoms with E-state index < -0.39 is 5.97 Å². The average Bonchev–Trinajstić information content (AvgIpc) is 3.12. The van der Waals surface area contributed by atoms with Gasteiger partial charge in [-0.25, -0.2) is 4.79 Å². The number of hydrogen-bond acceptors (Lipinski definition) is 3. The number of nitrogens with zero attached hydrogens (tertiary/aromatic N) is 2. The maximum Gasteiger partial charge on any atom is 0.317 e. The van der Waals surface area contributed by atoms with E-state index in [0.717, 1.165) is 39.0 Å². The molecule has 6 nitrogen and oxygen atoms in total. The summed E-state index contributed by atoms with van der Waals surface area (Å²) in [6.45, 7) is 6.35. The molecule has 2 aliphatic heterocycles. The summed E-state index contributed by atoms with van der Waals surface area (Å²) in [4.78, 5) is 27.3. The van der Waals surface area contributed by atoms with Crippen molar-refractivity contribution in [1.29, 1.82) is 0 Å². The fourth-order valence-corrected chi connectivity index (χ4v) is 3.28. The lowest BCUT2D eigenvalue weighted by molar-refractivity contribution is -0.138. The van der Waals surface area contributed by atoms with Crippen molar-refractivity contribution in [1.82, 2.24) is 15.1 Å². The second-order valence-corrected chi connectivity index (χ2v) is 6.19. The zero-order chi connectivity index (χ0) is 15.2. The van der Waals surface area contributed by atoms with E-state index in [9.17, 15) is 9.59 Å². The van der Waals surface area contributed by atoms with Gasteiger partial charge in [-0.05, 0) is 38.3 Å². The van der Waals surface area contributed by atoms with Crippen LogP contribution in [0.1, 0.15) is 39.0 Å². The number of amides is 2. The van der Waals surface area contributed by atoms with Crippen LogP contribution >= 0.6 is 0 Å². The van der Waals surface area contributed by atoms with Crippen LogP contribution in [0, 0.1) is 5.92 Å². The molecule has 2 amide bonds. The summed E-state index contributed by atoms with van der Waals surface area (Å²) in [6.07, 6.45) is 4.49. The smallest absolute Gasteiger partial charge is 0.317 e. The van der Waals surface area contributed by atoms with E-state index in [2.05, 4.69) is 10.2 Å². The van der Waals surface area contributed by atoms with Crippen LogP contribution in [-0.4, -0.2) is 65.7 Å². The molecule has 0 aliphatic carbocycles. The van der Waals surface area contributed by atoms with Crippen molar-refractivity contribution < 1.29 is 14.7 Å². The van der Waals surface area contributed by atoms with E-state index in [0.29, 0.717) is 12.6 Å². The first-order valence-corrected chi connectivity index (χ1v) is 8.08. The fourth-order valence-electron chi connectivity index (χ4n) is 3.28. The lowest BCUT2D eigenvalue weighted by Gasteiger charge is -2.24. The van der Waals surface area contributed by atoms with Crippen LogP contribution in [0.25, 0.3) is 0 Å². The summed E-state index contributed by atoms with van der Waals surface area (Å²) in [7, 11) is 0. The van der Waals surface area contributed by atoms with Gasteiger partial charge in [-0.1, -0.05) is 13.3 Å². The Balaban J connectivity index is 1.72. The van der Waals surface area contributed by atoms with Gasteiger partial charge in [0.1, 0.15) is 0 Å². The van der Waals surface area contributed by atoms with Gasteiger partial charge in [0.15, 0.2) is 0 Å². The highest BCUT2D eigenvalue weighted by Crippen LogP contribution is 2.20. The first-order valence-electron chi connectivity index (χ1n) is 8.08. The van der Waals surface area contributed by atoms with Crippen LogP contribution < -0.4 is 5.32 Å². The highest BCUT2D eigenvalue weighted by molar-refractivity contribution is 5.74. The number of aliphatic carboxylic acids is 1. The SMILES string of the molecule is CCC(CNC(=O)N1CCC(N2CCCC2)C1)CC(=O)O. The molecule has 0 radical (unpaired) electrons. The second kappa shape index (κ2) is 7.64. The lowest BCUT2D eigenvalue weighted by Crippen LogP contribution is -2.43. The predicted octanol–water partition coefficient (Wildman–Crippen LogP) is 1.37. The summed E-state index contributed by atoms with van der Waals surface area (Å²) in [6, 6.07) is 0.472. The summed E-state index contributed by atoms with van der Waals surface area (Å²) in [5, 5.41) is 11.7. The van der Waals surface area contributed by atoms with E-state index in [1.165, 1.54) is 12.8 Å². The Hall–Kier alpha value is -1.30.